The van der Waals surface area contributed by atoms with Gasteiger partial charge in [-0.15, -0.1) is 6.58 Å². The van der Waals surface area contributed by atoms with Crippen LogP contribution in [0.1, 0.15) is 24.8 Å². The second-order valence-corrected chi connectivity index (χ2v) is 6.92. The van der Waals surface area contributed by atoms with Crippen molar-refractivity contribution in [3.8, 4) is 5.75 Å². The fourth-order valence-electron chi connectivity index (χ4n) is 3.78. The molecule has 3 rings (SSSR count). The molecule has 0 unspecified atom stereocenters. The van der Waals surface area contributed by atoms with Crippen molar-refractivity contribution < 1.29 is 32.6 Å². The van der Waals surface area contributed by atoms with E-state index in [9.17, 15) is 18.0 Å². The molecule has 160 valence electrons. The summed E-state index contributed by atoms with van der Waals surface area (Å²) in [7, 11) is 1.69. The summed E-state index contributed by atoms with van der Waals surface area (Å²) >= 11 is 0. The molecular formula is C20H25F3N2O4. The van der Waals surface area contributed by atoms with E-state index in [1.807, 2.05) is 23.1 Å². The number of benzene rings is 1. The monoisotopic (exact) mass is 414 g/mol. The molecule has 2 fully saturated rings. The third kappa shape index (κ3) is 5.96. The average Bonchev–Trinajstić information content (AvgIpc) is 3.07. The standard InChI is InChI=1S/C18H24N2O2.C2HF3O2/c1-3-11-20-17-10-12-19(16(17)8-9-18(20)21)13-14-4-6-15(22-2)7-5-14;3-2(4,5)1(6)7/h3-7,16-17H,1,8-13H2,2H3;(H,6,7)/t16-,17-;/m0./s1. The second kappa shape index (κ2) is 9.78. The maximum absolute atomic E-state index is 12.1. The highest BCUT2D eigenvalue weighted by Gasteiger charge is 2.42. The lowest BCUT2D eigenvalue weighted by Gasteiger charge is -2.39. The van der Waals surface area contributed by atoms with E-state index < -0.39 is 12.1 Å². The molecule has 6 nitrogen and oxygen atoms in total. The number of methoxy groups -OCH3 is 1. The Morgan fingerprint density at radius 1 is 1.28 bits per heavy atom. The van der Waals surface area contributed by atoms with Crippen molar-refractivity contribution >= 4 is 11.9 Å². The number of likely N-dealkylation sites (tertiary alicyclic amines) is 2. The van der Waals surface area contributed by atoms with Crippen LogP contribution in [0.5, 0.6) is 5.75 Å². The molecule has 2 heterocycles. The molecule has 1 aromatic carbocycles. The first-order valence-corrected chi connectivity index (χ1v) is 9.24. The lowest BCUT2D eigenvalue weighted by atomic mass is 9.96. The Hall–Kier alpha value is -2.55. The van der Waals surface area contributed by atoms with E-state index in [0.717, 1.165) is 31.7 Å². The molecule has 2 saturated heterocycles. The Morgan fingerprint density at radius 2 is 1.90 bits per heavy atom. The van der Waals surface area contributed by atoms with Crippen molar-refractivity contribution in [2.45, 2.75) is 44.1 Å². The predicted octanol–water partition coefficient (Wildman–Crippen LogP) is 3.08. The molecule has 1 aromatic rings. The van der Waals surface area contributed by atoms with Gasteiger partial charge in [-0.3, -0.25) is 9.69 Å². The number of fused-ring (bicyclic) bond motifs is 1. The van der Waals surface area contributed by atoms with Crippen molar-refractivity contribution in [2.24, 2.45) is 0 Å². The number of alkyl halides is 3. The Labute approximate surface area is 167 Å². The lowest BCUT2D eigenvalue weighted by Crippen LogP contribution is -2.52. The number of aliphatic carboxylic acids is 1. The molecule has 0 saturated carbocycles. The summed E-state index contributed by atoms with van der Waals surface area (Å²) in [6.45, 7) is 6.47. The summed E-state index contributed by atoms with van der Waals surface area (Å²) < 4.78 is 36.9. The van der Waals surface area contributed by atoms with Gasteiger partial charge in [-0.25, -0.2) is 4.79 Å². The van der Waals surface area contributed by atoms with Crippen molar-refractivity contribution in [2.75, 3.05) is 20.2 Å². The van der Waals surface area contributed by atoms with Crippen LogP contribution in [0.15, 0.2) is 36.9 Å². The third-order valence-corrected chi connectivity index (χ3v) is 5.11. The average molecular weight is 414 g/mol. The third-order valence-electron chi connectivity index (χ3n) is 5.11. The number of halogens is 3. The fraction of sp³-hybridized carbons (Fsp3) is 0.500. The van der Waals surface area contributed by atoms with Gasteiger partial charge < -0.3 is 14.7 Å². The van der Waals surface area contributed by atoms with Crippen molar-refractivity contribution in [1.82, 2.24) is 9.80 Å². The van der Waals surface area contributed by atoms with Gasteiger partial charge in [0.15, 0.2) is 0 Å². The molecule has 1 N–H and O–H groups in total. The highest BCUT2D eigenvalue weighted by Crippen LogP contribution is 2.32. The van der Waals surface area contributed by atoms with Gasteiger partial charge in [0.1, 0.15) is 5.75 Å². The first kappa shape index (κ1) is 22.7. The van der Waals surface area contributed by atoms with Crippen LogP contribution in [-0.2, 0) is 16.1 Å². The molecule has 0 aliphatic carbocycles. The Bertz CT molecular complexity index is 721. The van der Waals surface area contributed by atoms with Crippen LogP contribution in [0.2, 0.25) is 0 Å². The van der Waals surface area contributed by atoms with Crippen LogP contribution < -0.4 is 4.74 Å². The van der Waals surface area contributed by atoms with Gasteiger partial charge in [0, 0.05) is 38.1 Å². The van der Waals surface area contributed by atoms with Crippen LogP contribution in [0.3, 0.4) is 0 Å². The van der Waals surface area contributed by atoms with Crippen molar-refractivity contribution in [3.63, 3.8) is 0 Å². The van der Waals surface area contributed by atoms with Gasteiger partial charge in [0.25, 0.3) is 0 Å². The van der Waals surface area contributed by atoms with E-state index in [4.69, 9.17) is 14.6 Å². The molecule has 0 radical (unpaired) electrons. The number of carbonyl (C=O) groups excluding carboxylic acids is 1. The highest BCUT2D eigenvalue weighted by molar-refractivity contribution is 5.78. The first-order chi connectivity index (χ1) is 13.7. The maximum Gasteiger partial charge on any atom is 0.490 e. The molecule has 0 aromatic heterocycles. The Balaban J connectivity index is 0.000000370. The summed E-state index contributed by atoms with van der Waals surface area (Å²) in [4.78, 5) is 25.5. The second-order valence-electron chi connectivity index (χ2n) is 6.92. The number of nitrogens with zero attached hydrogens (tertiary/aromatic N) is 2. The summed E-state index contributed by atoms with van der Waals surface area (Å²) in [6, 6.07) is 9.12. The molecule has 9 heteroatoms. The minimum absolute atomic E-state index is 0.285. The van der Waals surface area contributed by atoms with Gasteiger partial charge in [-0.1, -0.05) is 18.2 Å². The number of amides is 1. The van der Waals surface area contributed by atoms with Gasteiger partial charge in [0.05, 0.1) is 7.11 Å². The van der Waals surface area contributed by atoms with E-state index in [1.54, 1.807) is 7.11 Å². The largest absolute Gasteiger partial charge is 0.497 e. The molecule has 0 bridgehead atoms. The number of ether oxygens (including phenoxy) is 1. The topological polar surface area (TPSA) is 70.1 Å². The Morgan fingerprint density at radius 3 is 2.41 bits per heavy atom. The van der Waals surface area contributed by atoms with Crippen LogP contribution in [-0.4, -0.2) is 65.2 Å². The van der Waals surface area contributed by atoms with Crippen LogP contribution >= 0.6 is 0 Å². The smallest absolute Gasteiger partial charge is 0.490 e. The molecule has 0 spiro atoms. The van der Waals surface area contributed by atoms with E-state index in [-0.39, 0.29) is 5.91 Å². The zero-order chi connectivity index (χ0) is 21.6. The van der Waals surface area contributed by atoms with E-state index >= 15 is 0 Å². The zero-order valence-corrected chi connectivity index (χ0v) is 16.2. The lowest BCUT2D eigenvalue weighted by molar-refractivity contribution is -0.192. The number of piperidine rings is 1. The van der Waals surface area contributed by atoms with E-state index in [1.165, 1.54) is 5.56 Å². The highest BCUT2D eigenvalue weighted by atomic mass is 19.4. The predicted molar refractivity (Wildman–Crippen MR) is 100 cm³/mol. The first-order valence-electron chi connectivity index (χ1n) is 9.24. The van der Waals surface area contributed by atoms with Crippen LogP contribution in [0.4, 0.5) is 13.2 Å². The van der Waals surface area contributed by atoms with Gasteiger partial charge in [-0.05, 0) is 30.5 Å². The number of rotatable bonds is 5. The van der Waals surface area contributed by atoms with Gasteiger partial charge in [-0.2, -0.15) is 13.2 Å². The normalized spacial score (nSPS) is 21.8. The van der Waals surface area contributed by atoms with E-state index in [0.29, 0.717) is 25.0 Å². The number of carboxylic acids is 1. The van der Waals surface area contributed by atoms with Crippen molar-refractivity contribution in [3.05, 3.63) is 42.5 Å². The fourth-order valence-corrected chi connectivity index (χ4v) is 3.78. The molecule has 1 amide bonds. The quantitative estimate of drug-likeness (QED) is 0.750. The zero-order valence-electron chi connectivity index (χ0n) is 16.2. The van der Waals surface area contributed by atoms with E-state index in [2.05, 4.69) is 23.6 Å². The molecule has 2 atom stereocenters. The van der Waals surface area contributed by atoms with Gasteiger partial charge >= 0.3 is 12.1 Å². The Kier molecular flexibility index (Phi) is 7.66. The molecule has 2 aliphatic rings. The number of carbonyl (C=O) groups is 2. The molecule has 29 heavy (non-hydrogen) atoms. The van der Waals surface area contributed by atoms with Gasteiger partial charge in [0.2, 0.25) is 5.91 Å². The van der Waals surface area contributed by atoms with Crippen LogP contribution in [0.25, 0.3) is 0 Å². The summed E-state index contributed by atoms with van der Waals surface area (Å²) in [5.41, 5.74) is 1.30. The van der Waals surface area contributed by atoms with Crippen molar-refractivity contribution in [1.29, 1.82) is 0 Å². The SMILES string of the molecule is C=CCN1C(=O)CC[C@H]2[C@@H]1CCN2Cc1ccc(OC)cc1.O=C(O)C(F)(F)F. The number of carboxylic acid groups (broad SMARTS) is 1. The number of hydrogen-bond donors (Lipinski definition) is 1. The summed E-state index contributed by atoms with van der Waals surface area (Å²) in [5.74, 6) is -1.58. The van der Waals surface area contributed by atoms with Crippen LogP contribution in [0, 0.1) is 0 Å². The molecular weight excluding hydrogens is 389 g/mol. The number of hydrogen-bond acceptors (Lipinski definition) is 4. The maximum atomic E-state index is 12.1. The molecule has 2 aliphatic heterocycles. The summed E-state index contributed by atoms with van der Waals surface area (Å²) in [5, 5.41) is 7.12. The minimum Gasteiger partial charge on any atom is -0.497 e. The minimum atomic E-state index is -5.08. The summed E-state index contributed by atoms with van der Waals surface area (Å²) in [6.07, 6.45) is -0.534.